The average molecular weight is 193 g/mol. The Morgan fingerprint density at radius 1 is 1.00 bits per heavy atom. The predicted molar refractivity (Wildman–Crippen MR) is 19.7 cm³/mol. The molecule has 0 aliphatic carbocycles. The predicted octanol–water partition coefficient (Wildman–Crippen LogP) is 0.368. The minimum absolute atomic E-state index is 0. The Morgan fingerprint density at radius 3 is 1.00 bits per heavy atom. The molecular formula is H2O4P2Zn. The Labute approximate surface area is 56.3 Å². The van der Waals surface area contributed by atoms with Crippen LogP contribution in [0.25, 0.3) is 0 Å². The second-order valence-electron chi connectivity index (χ2n) is 0.163. The first-order valence-corrected chi connectivity index (χ1v) is 2.30. The van der Waals surface area contributed by atoms with E-state index in [1.54, 1.807) is 0 Å². The van der Waals surface area contributed by atoms with Gasteiger partial charge in [0.2, 0.25) is 0 Å². The van der Waals surface area contributed by atoms with Crippen LogP contribution in [0.2, 0.25) is 0 Å². The SMILES string of the molecule is O=PO.O=PO.[Zn]. The second-order valence-corrected chi connectivity index (χ2v) is 0.490. The smallest absolute Gasteiger partial charge is 0.310 e. The van der Waals surface area contributed by atoms with E-state index in [0.717, 1.165) is 0 Å². The molecule has 0 aromatic heterocycles. The summed E-state index contributed by atoms with van der Waals surface area (Å²) in [6.07, 6.45) is 0. The molecule has 0 aromatic carbocycles. The summed E-state index contributed by atoms with van der Waals surface area (Å²) in [5, 5.41) is 0. The van der Waals surface area contributed by atoms with Crippen LogP contribution in [0.3, 0.4) is 0 Å². The van der Waals surface area contributed by atoms with E-state index >= 15 is 0 Å². The monoisotopic (exact) mass is 192 g/mol. The summed E-state index contributed by atoms with van der Waals surface area (Å²) in [6, 6.07) is 0. The third-order valence-electron chi connectivity index (χ3n) is 0. The van der Waals surface area contributed by atoms with Gasteiger partial charge in [0.15, 0.2) is 0 Å². The molecule has 0 saturated carbocycles. The van der Waals surface area contributed by atoms with Gasteiger partial charge in [0.05, 0.1) is 0 Å². The van der Waals surface area contributed by atoms with Crippen LogP contribution in [-0.4, -0.2) is 9.79 Å². The van der Waals surface area contributed by atoms with Crippen molar-refractivity contribution in [2.75, 3.05) is 0 Å². The zero-order valence-electron chi connectivity index (χ0n) is 3.31. The third-order valence-corrected chi connectivity index (χ3v) is 0. The molecule has 7 heavy (non-hydrogen) atoms. The summed E-state index contributed by atoms with van der Waals surface area (Å²) in [6.45, 7) is 0. The van der Waals surface area contributed by atoms with E-state index in [9.17, 15) is 0 Å². The fourth-order valence-corrected chi connectivity index (χ4v) is 0. The maximum atomic E-state index is 8.46. The summed E-state index contributed by atoms with van der Waals surface area (Å²) in [4.78, 5) is 14.0. The molecule has 0 fully saturated rings. The van der Waals surface area contributed by atoms with Gasteiger partial charge >= 0.3 is 17.4 Å². The molecule has 0 atom stereocenters. The van der Waals surface area contributed by atoms with Crippen molar-refractivity contribution in [2.24, 2.45) is 0 Å². The molecular weight excluding hydrogens is 191 g/mol. The van der Waals surface area contributed by atoms with Crippen molar-refractivity contribution in [3.63, 3.8) is 0 Å². The molecule has 7 heteroatoms. The molecule has 0 bridgehead atoms. The van der Waals surface area contributed by atoms with Gasteiger partial charge in [-0.3, -0.25) is 0 Å². The third kappa shape index (κ3) is 275. The van der Waals surface area contributed by atoms with E-state index in [1.165, 1.54) is 0 Å². The van der Waals surface area contributed by atoms with E-state index in [1.807, 2.05) is 0 Å². The molecule has 0 saturated heterocycles. The molecule has 0 unspecified atom stereocenters. The van der Waals surface area contributed by atoms with Crippen LogP contribution in [0.1, 0.15) is 0 Å². The van der Waals surface area contributed by atoms with Gasteiger partial charge in [0, 0.05) is 19.5 Å². The molecule has 0 amide bonds. The summed E-state index contributed by atoms with van der Waals surface area (Å²) in [5.41, 5.74) is 0. The Kier molecular flexibility index (Phi) is 66.1. The fourth-order valence-electron chi connectivity index (χ4n) is 0. The van der Waals surface area contributed by atoms with Gasteiger partial charge in [-0.25, -0.2) is 9.13 Å². The van der Waals surface area contributed by atoms with Crippen LogP contribution in [-0.2, 0) is 28.6 Å². The number of hydrogen-bond donors (Lipinski definition) is 2. The molecule has 0 rings (SSSR count). The molecule has 2 N–H and O–H groups in total. The molecule has 0 spiro atoms. The van der Waals surface area contributed by atoms with E-state index in [2.05, 4.69) is 0 Å². The molecule has 0 aliphatic rings. The first kappa shape index (κ1) is 15.6. The standard InChI is InChI=1S/2HO2P.Zn/c2*1-3-2;/h2*(H,1,2);. The molecule has 0 aromatic rings. The summed E-state index contributed by atoms with van der Waals surface area (Å²) in [5.74, 6) is 0. The van der Waals surface area contributed by atoms with Crippen molar-refractivity contribution in [1.82, 2.24) is 0 Å². The average Bonchev–Trinajstić information content (AvgIpc) is 1.39. The quantitative estimate of drug-likeness (QED) is 0.430. The van der Waals surface area contributed by atoms with Crippen LogP contribution < -0.4 is 0 Å². The largest absolute Gasteiger partial charge is 0.324 e. The van der Waals surface area contributed by atoms with E-state index in [-0.39, 0.29) is 19.5 Å². The van der Waals surface area contributed by atoms with Crippen LogP contribution >= 0.6 is 17.4 Å². The van der Waals surface area contributed by atoms with E-state index in [0.29, 0.717) is 0 Å². The summed E-state index contributed by atoms with van der Waals surface area (Å²) >= 11 is 0. The van der Waals surface area contributed by atoms with Crippen LogP contribution in [0.5, 0.6) is 0 Å². The molecule has 4 nitrogen and oxygen atoms in total. The topological polar surface area (TPSA) is 74.6 Å². The van der Waals surface area contributed by atoms with Gasteiger partial charge in [-0.15, -0.1) is 0 Å². The zero-order valence-corrected chi connectivity index (χ0v) is 8.07. The van der Waals surface area contributed by atoms with Crippen molar-refractivity contribution in [3.05, 3.63) is 0 Å². The molecule has 0 aliphatic heterocycles. The first-order chi connectivity index (χ1) is 2.83. The van der Waals surface area contributed by atoms with Crippen LogP contribution in [0.15, 0.2) is 0 Å². The van der Waals surface area contributed by atoms with Crippen molar-refractivity contribution in [2.45, 2.75) is 0 Å². The Balaban J connectivity index is -0.0000000400. The maximum absolute atomic E-state index is 8.46. The van der Waals surface area contributed by atoms with Gasteiger partial charge in [-0.2, -0.15) is 0 Å². The van der Waals surface area contributed by atoms with Gasteiger partial charge in [-0.05, 0) is 0 Å². The number of rotatable bonds is 0. The molecule has 0 heterocycles. The Bertz CT molecular complexity index is 30.7. The van der Waals surface area contributed by atoms with Crippen molar-refractivity contribution < 1.29 is 38.4 Å². The number of hydrogen-bond acceptors (Lipinski definition) is 2. The minimum Gasteiger partial charge on any atom is -0.310 e. The van der Waals surface area contributed by atoms with Crippen molar-refractivity contribution >= 4 is 17.4 Å². The van der Waals surface area contributed by atoms with E-state index < -0.39 is 17.4 Å². The normalized spacial score (nSPS) is 6.00. The molecule has 0 radical (unpaired) electrons. The summed E-state index contributed by atoms with van der Waals surface area (Å²) < 4.78 is 16.9. The second kappa shape index (κ2) is 29.6. The fraction of sp³-hybridized carbons (Fsp3) is 0. The maximum Gasteiger partial charge on any atom is 0.324 e. The Morgan fingerprint density at radius 2 is 1.00 bits per heavy atom. The minimum atomic E-state index is -0.833. The van der Waals surface area contributed by atoms with Gasteiger partial charge in [0.25, 0.3) is 0 Å². The van der Waals surface area contributed by atoms with E-state index in [4.69, 9.17) is 18.9 Å². The van der Waals surface area contributed by atoms with Crippen molar-refractivity contribution in [3.8, 4) is 0 Å². The molecule has 38 valence electrons. The summed E-state index contributed by atoms with van der Waals surface area (Å²) in [7, 11) is -1.67. The van der Waals surface area contributed by atoms with Crippen LogP contribution in [0, 0.1) is 0 Å². The van der Waals surface area contributed by atoms with Gasteiger partial charge in [0.1, 0.15) is 0 Å². The van der Waals surface area contributed by atoms with Gasteiger partial charge in [-0.1, -0.05) is 0 Å². The van der Waals surface area contributed by atoms with Crippen LogP contribution in [0.4, 0.5) is 0 Å². The van der Waals surface area contributed by atoms with Crippen molar-refractivity contribution in [1.29, 1.82) is 0 Å². The Hall–Kier alpha value is 0.743. The first-order valence-electron chi connectivity index (χ1n) is 0.765. The van der Waals surface area contributed by atoms with Gasteiger partial charge < -0.3 is 9.79 Å². The zero-order chi connectivity index (χ0) is 5.41.